The Balaban J connectivity index is 2.25. The van der Waals surface area contributed by atoms with E-state index in [4.69, 9.17) is 5.26 Å². The highest BCUT2D eigenvalue weighted by atomic mass is 16.6. The number of pyridine rings is 1. The number of nitriles is 1. The van der Waals surface area contributed by atoms with Crippen LogP contribution in [0.2, 0.25) is 0 Å². The van der Waals surface area contributed by atoms with Gasteiger partial charge in [0.1, 0.15) is 11.9 Å². The summed E-state index contributed by atoms with van der Waals surface area (Å²) in [5.41, 5.74) is -0.514. The molecule has 0 saturated heterocycles. The van der Waals surface area contributed by atoms with Crippen LogP contribution in [0.25, 0.3) is 0 Å². The highest BCUT2D eigenvalue weighted by Crippen LogP contribution is 2.40. The van der Waals surface area contributed by atoms with E-state index in [0.717, 1.165) is 0 Å². The topological polar surface area (TPSA) is 91.9 Å². The third-order valence-electron chi connectivity index (χ3n) is 3.22. The Bertz CT molecular complexity index is 529. The number of nitrogens with one attached hydrogen (secondary N) is 1. The Morgan fingerprint density at radius 1 is 1.56 bits per heavy atom. The number of hydrogen-bond acceptors (Lipinski definition) is 5. The maximum absolute atomic E-state index is 10.7. The van der Waals surface area contributed by atoms with Crippen LogP contribution >= 0.6 is 0 Å². The number of anilines is 1. The fourth-order valence-corrected chi connectivity index (χ4v) is 1.99. The van der Waals surface area contributed by atoms with Crippen LogP contribution in [0.5, 0.6) is 0 Å². The molecule has 0 bridgehead atoms. The highest BCUT2D eigenvalue weighted by Gasteiger charge is 2.38. The van der Waals surface area contributed by atoms with Gasteiger partial charge in [0.05, 0.1) is 4.92 Å². The molecule has 0 atom stereocenters. The minimum Gasteiger partial charge on any atom is -0.365 e. The van der Waals surface area contributed by atoms with Crippen LogP contribution < -0.4 is 5.32 Å². The molecule has 6 heteroatoms. The molecule has 0 aromatic carbocycles. The zero-order chi connectivity index (χ0) is 13.3. The van der Waals surface area contributed by atoms with Crippen molar-refractivity contribution in [2.45, 2.75) is 32.2 Å². The number of nitrogens with zero attached hydrogens (tertiary/aromatic N) is 3. The second kappa shape index (κ2) is 4.26. The third-order valence-corrected chi connectivity index (χ3v) is 3.22. The first kappa shape index (κ1) is 12.3. The van der Waals surface area contributed by atoms with Crippen LogP contribution in [0.4, 0.5) is 11.5 Å². The van der Waals surface area contributed by atoms with Crippen molar-refractivity contribution >= 4 is 11.5 Å². The number of aromatic nitrogens is 1. The quantitative estimate of drug-likeness (QED) is 0.650. The summed E-state index contributed by atoms with van der Waals surface area (Å²) in [6.07, 6.45) is 2.36. The molecule has 1 fully saturated rings. The van der Waals surface area contributed by atoms with Gasteiger partial charge in [0.2, 0.25) is 5.69 Å². The molecule has 1 heterocycles. The lowest BCUT2D eigenvalue weighted by Gasteiger charge is -2.26. The SMILES string of the molecule is CC(C)(Nc1ccc([N+](=O)[O-])c(C#N)n1)C1CC1. The van der Waals surface area contributed by atoms with E-state index in [0.29, 0.717) is 11.7 Å². The minimum absolute atomic E-state index is 0.101. The summed E-state index contributed by atoms with van der Waals surface area (Å²) in [5.74, 6) is 1.11. The highest BCUT2D eigenvalue weighted by molar-refractivity contribution is 5.51. The zero-order valence-electron chi connectivity index (χ0n) is 10.3. The fourth-order valence-electron chi connectivity index (χ4n) is 1.99. The largest absolute Gasteiger partial charge is 0.365 e. The Morgan fingerprint density at radius 2 is 2.22 bits per heavy atom. The number of nitro groups is 1. The monoisotopic (exact) mass is 246 g/mol. The van der Waals surface area contributed by atoms with Crippen LogP contribution in [-0.2, 0) is 0 Å². The van der Waals surface area contributed by atoms with Crippen molar-refractivity contribution in [2.75, 3.05) is 5.32 Å². The lowest BCUT2D eigenvalue weighted by Crippen LogP contribution is -2.33. The first-order chi connectivity index (χ1) is 8.44. The molecule has 6 nitrogen and oxygen atoms in total. The van der Waals surface area contributed by atoms with E-state index in [2.05, 4.69) is 24.1 Å². The molecule has 1 aliphatic carbocycles. The second-order valence-electron chi connectivity index (χ2n) is 5.05. The third kappa shape index (κ3) is 2.40. The van der Waals surface area contributed by atoms with Gasteiger partial charge >= 0.3 is 5.69 Å². The molecular formula is C12H14N4O2. The summed E-state index contributed by atoms with van der Waals surface area (Å²) in [7, 11) is 0. The smallest absolute Gasteiger partial charge is 0.305 e. The molecule has 0 radical (unpaired) electrons. The van der Waals surface area contributed by atoms with E-state index in [9.17, 15) is 10.1 Å². The molecular weight excluding hydrogens is 232 g/mol. The summed E-state index contributed by atoms with van der Waals surface area (Å²) < 4.78 is 0. The Morgan fingerprint density at radius 3 is 2.72 bits per heavy atom. The fraction of sp³-hybridized carbons (Fsp3) is 0.500. The van der Waals surface area contributed by atoms with Gasteiger partial charge in [-0.3, -0.25) is 10.1 Å². The van der Waals surface area contributed by atoms with Gasteiger partial charge in [0.25, 0.3) is 0 Å². The van der Waals surface area contributed by atoms with Gasteiger partial charge in [-0.15, -0.1) is 0 Å². The summed E-state index contributed by atoms with van der Waals surface area (Å²) in [6.45, 7) is 4.14. The van der Waals surface area contributed by atoms with Crippen LogP contribution in [-0.4, -0.2) is 15.4 Å². The molecule has 1 saturated carbocycles. The standard InChI is InChI=1S/C12H14N4O2/c1-12(2,8-3-4-8)15-11-6-5-10(16(17)18)9(7-13)14-11/h5-6,8H,3-4H2,1-2H3,(H,14,15). The van der Waals surface area contributed by atoms with E-state index in [-0.39, 0.29) is 16.9 Å². The van der Waals surface area contributed by atoms with Gasteiger partial charge in [0.15, 0.2) is 0 Å². The average Bonchev–Trinajstić information content (AvgIpc) is 3.11. The zero-order valence-corrected chi connectivity index (χ0v) is 10.3. The molecule has 0 unspecified atom stereocenters. The van der Waals surface area contributed by atoms with Crippen molar-refractivity contribution in [3.63, 3.8) is 0 Å². The first-order valence-electron chi connectivity index (χ1n) is 5.78. The van der Waals surface area contributed by atoms with Crippen LogP contribution in [0.1, 0.15) is 32.4 Å². The number of rotatable bonds is 4. The summed E-state index contributed by atoms with van der Waals surface area (Å²) in [5, 5.41) is 22.8. The number of hydrogen-bond donors (Lipinski definition) is 1. The Hall–Kier alpha value is -2.16. The van der Waals surface area contributed by atoms with Crippen molar-refractivity contribution in [3.05, 3.63) is 27.9 Å². The van der Waals surface area contributed by atoms with Crippen LogP contribution in [0.15, 0.2) is 12.1 Å². The molecule has 94 valence electrons. The van der Waals surface area contributed by atoms with E-state index >= 15 is 0 Å². The van der Waals surface area contributed by atoms with E-state index in [1.165, 1.54) is 18.9 Å². The molecule has 0 aliphatic heterocycles. The van der Waals surface area contributed by atoms with Crippen molar-refractivity contribution in [2.24, 2.45) is 5.92 Å². The van der Waals surface area contributed by atoms with Crippen molar-refractivity contribution < 1.29 is 4.92 Å². The summed E-state index contributed by atoms with van der Waals surface area (Å²) in [6, 6.07) is 4.62. The lowest BCUT2D eigenvalue weighted by molar-refractivity contribution is -0.385. The van der Waals surface area contributed by atoms with E-state index < -0.39 is 4.92 Å². The lowest BCUT2D eigenvalue weighted by atomic mass is 9.99. The van der Waals surface area contributed by atoms with Gasteiger partial charge in [-0.25, -0.2) is 4.98 Å². The second-order valence-corrected chi connectivity index (χ2v) is 5.05. The maximum Gasteiger partial charge on any atom is 0.305 e. The van der Waals surface area contributed by atoms with Gasteiger partial charge in [0, 0.05) is 11.6 Å². The first-order valence-corrected chi connectivity index (χ1v) is 5.78. The van der Waals surface area contributed by atoms with Crippen LogP contribution in [0.3, 0.4) is 0 Å². The van der Waals surface area contributed by atoms with E-state index in [1.54, 1.807) is 12.1 Å². The molecule has 0 spiro atoms. The molecule has 1 aromatic rings. The molecule has 1 N–H and O–H groups in total. The Kier molecular flexibility index (Phi) is 2.91. The van der Waals surface area contributed by atoms with Crippen molar-refractivity contribution in [3.8, 4) is 6.07 Å². The molecule has 0 amide bonds. The van der Waals surface area contributed by atoms with Gasteiger partial charge in [-0.2, -0.15) is 5.26 Å². The predicted molar refractivity (Wildman–Crippen MR) is 66.0 cm³/mol. The Labute approximate surface area is 105 Å². The van der Waals surface area contributed by atoms with Gasteiger partial charge < -0.3 is 5.32 Å². The van der Waals surface area contributed by atoms with Gasteiger partial charge in [-0.1, -0.05) is 0 Å². The minimum atomic E-state index is -0.596. The van der Waals surface area contributed by atoms with Crippen LogP contribution in [0, 0.1) is 27.4 Å². The van der Waals surface area contributed by atoms with E-state index in [1.807, 2.05) is 0 Å². The average molecular weight is 246 g/mol. The summed E-state index contributed by atoms with van der Waals surface area (Å²) >= 11 is 0. The molecule has 1 aromatic heterocycles. The normalized spacial score (nSPS) is 14.9. The summed E-state index contributed by atoms with van der Waals surface area (Å²) in [4.78, 5) is 14.1. The van der Waals surface area contributed by atoms with Crippen molar-refractivity contribution in [1.29, 1.82) is 5.26 Å². The molecule has 2 rings (SSSR count). The van der Waals surface area contributed by atoms with Gasteiger partial charge in [-0.05, 0) is 38.7 Å². The molecule has 18 heavy (non-hydrogen) atoms. The molecule has 1 aliphatic rings. The maximum atomic E-state index is 10.7. The van der Waals surface area contributed by atoms with Crippen molar-refractivity contribution in [1.82, 2.24) is 4.98 Å². The predicted octanol–water partition coefficient (Wildman–Crippen LogP) is 2.46.